The molecule has 2 aliphatic heterocycles. The molecule has 2 saturated heterocycles. The van der Waals surface area contributed by atoms with Crippen LogP contribution in [0.3, 0.4) is 0 Å². The molecule has 0 saturated carbocycles. The molecule has 0 aliphatic carbocycles. The fraction of sp³-hybridized carbons (Fsp3) is 0.875. The maximum absolute atomic E-state index is 11.6. The van der Waals surface area contributed by atoms with E-state index >= 15 is 0 Å². The van der Waals surface area contributed by atoms with E-state index in [0.29, 0.717) is 13.1 Å². The van der Waals surface area contributed by atoms with Crippen molar-refractivity contribution in [3.63, 3.8) is 0 Å². The van der Waals surface area contributed by atoms with Crippen LogP contribution in [-0.2, 0) is 14.6 Å². The fourth-order valence-electron chi connectivity index (χ4n) is 2.52. The highest BCUT2D eigenvalue weighted by atomic mass is 35.5. The lowest BCUT2D eigenvalue weighted by atomic mass is 9.91. The highest BCUT2D eigenvalue weighted by molar-refractivity contribution is 7.92. The van der Waals surface area contributed by atoms with Crippen LogP contribution in [-0.4, -0.2) is 43.6 Å². The van der Waals surface area contributed by atoms with Gasteiger partial charge in [-0.1, -0.05) is 0 Å². The van der Waals surface area contributed by atoms with Crippen molar-refractivity contribution in [1.82, 2.24) is 5.32 Å². The second-order valence-corrected chi connectivity index (χ2v) is 6.31. The Labute approximate surface area is 94.6 Å². The van der Waals surface area contributed by atoms with Gasteiger partial charge in [-0.2, -0.15) is 0 Å². The topological polar surface area (TPSA) is 83.5 Å². The molecule has 0 radical (unpaired) electrons. The number of halogens is 1. The van der Waals surface area contributed by atoms with Crippen LogP contribution < -0.4 is 5.32 Å². The number of rotatable bonds is 2. The van der Waals surface area contributed by atoms with Crippen LogP contribution in [0.5, 0.6) is 0 Å². The maximum atomic E-state index is 11.6. The van der Waals surface area contributed by atoms with Crippen molar-refractivity contribution in [2.75, 3.05) is 18.8 Å². The SMILES string of the molecule is Cl.O=C(O)C[C@@H]1CS(=O)(=O)[C@H]2CNC[C@@H]12. The van der Waals surface area contributed by atoms with E-state index in [4.69, 9.17) is 5.11 Å². The number of carboxylic acid groups (broad SMARTS) is 1. The number of nitrogens with one attached hydrogen (secondary N) is 1. The van der Waals surface area contributed by atoms with Crippen LogP contribution in [0.2, 0.25) is 0 Å². The molecule has 15 heavy (non-hydrogen) atoms. The van der Waals surface area contributed by atoms with E-state index in [2.05, 4.69) is 5.32 Å². The molecule has 7 heteroatoms. The van der Waals surface area contributed by atoms with E-state index < -0.39 is 15.8 Å². The molecule has 5 nitrogen and oxygen atoms in total. The Morgan fingerprint density at radius 2 is 2.07 bits per heavy atom. The third kappa shape index (κ3) is 2.26. The number of fused-ring (bicyclic) bond motifs is 1. The standard InChI is InChI=1S/C8H13NO4S.ClH/c10-8(11)1-5-4-14(12,13)7-3-9-2-6(5)7;/h5-7,9H,1-4H2,(H,10,11);1H/t5-,6+,7+;/m1./s1. The van der Waals surface area contributed by atoms with Crippen molar-refractivity contribution in [2.24, 2.45) is 11.8 Å². The zero-order valence-corrected chi connectivity index (χ0v) is 9.68. The van der Waals surface area contributed by atoms with Gasteiger partial charge in [0.1, 0.15) is 0 Å². The maximum Gasteiger partial charge on any atom is 0.303 e. The molecule has 0 aromatic rings. The summed E-state index contributed by atoms with van der Waals surface area (Å²) in [4.78, 5) is 10.5. The first-order valence-electron chi connectivity index (χ1n) is 4.65. The summed E-state index contributed by atoms with van der Waals surface area (Å²) in [6, 6.07) is 0. The Morgan fingerprint density at radius 1 is 1.40 bits per heavy atom. The zero-order valence-electron chi connectivity index (χ0n) is 8.05. The van der Waals surface area contributed by atoms with Crippen molar-refractivity contribution in [2.45, 2.75) is 11.7 Å². The van der Waals surface area contributed by atoms with Crippen LogP contribution in [0.4, 0.5) is 0 Å². The van der Waals surface area contributed by atoms with Gasteiger partial charge in [0.2, 0.25) is 0 Å². The fourth-order valence-corrected chi connectivity index (χ4v) is 4.95. The van der Waals surface area contributed by atoms with Crippen molar-refractivity contribution in [1.29, 1.82) is 0 Å². The summed E-state index contributed by atoms with van der Waals surface area (Å²) in [6.45, 7) is 1.13. The largest absolute Gasteiger partial charge is 0.481 e. The van der Waals surface area contributed by atoms with Gasteiger partial charge in [-0.05, 0) is 18.4 Å². The van der Waals surface area contributed by atoms with Gasteiger partial charge >= 0.3 is 5.97 Å². The van der Waals surface area contributed by atoms with Gasteiger partial charge in [-0.15, -0.1) is 12.4 Å². The van der Waals surface area contributed by atoms with Crippen LogP contribution in [0, 0.1) is 11.8 Å². The minimum Gasteiger partial charge on any atom is -0.481 e. The molecule has 0 bridgehead atoms. The molecule has 2 aliphatic rings. The smallest absolute Gasteiger partial charge is 0.303 e. The first-order valence-corrected chi connectivity index (χ1v) is 6.36. The second kappa shape index (κ2) is 4.27. The number of hydrogen-bond donors (Lipinski definition) is 2. The van der Waals surface area contributed by atoms with Crippen LogP contribution >= 0.6 is 12.4 Å². The minimum atomic E-state index is -3.04. The second-order valence-electron chi connectivity index (χ2n) is 4.05. The van der Waals surface area contributed by atoms with E-state index in [1.807, 2.05) is 0 Å². The van der Waals surface area contributed by atoms with Gasteiger partial charge in [0.15, 0.2) is 9.84 Å². The first-order chi connectivity index (χ1) is 6.50. The zero-order chi connectivity index (χ0) is 10.3. The average molecular weight is 256 g/mol. The Balaban J connectivity index is 0.00000112. The molecule has 3 atom stereocenters. The van der Waals surface area contributed by atoms with Gasteiger partial charge in [-0.3, -0.25) is 4.79 Å². The van der Waals surface area contributed by atoms with E-state index in [-0.39, 0.29) is 41.7 Å². The summed E-state index contributed by atoms with van der Waals surface area (Å²) in [5, 5.41) is 11.3. The van der Waals surface area contributed by atoms with Crippen molar-refractivity contribution < 1.29 is 18.3 Å². The van der Waals surface area contributed by atoms with E-state index in [1.165, 1.54) is 0 Å². The summed E-state index contributed by atoms with van der Waals surface area (Å²) in [5.41, 5.74) is 0. The molecule has 0 spiro atoms. The lowest BCUT2D eigenvalue weighted by Gasteiger charge is -2.12. The molecule has 0 aromatic heterocycles. The highest BCUT2D eigenvalue weighted by Gasteiger charge is 2.49. The van der Waals surface area contributed by atoms with Crippen LogP contribution in [0.1, 0.15) is 6.42 Å². The molecule has 0 aromatic carbocycles. The normalized spacial score (nSPS) is 36.9. The average Bonchev–Trinajstić information content (AvgIpc) is 2.55. The molecule has 2 heterocycles. The highest BCUT2D eigenvalue weighted by Crippen LogP contribution is 2.36. The lowest BCUT2D eigenvalue weighted by molar-refractivity contribution is -0.138. The van der Waals surface area contributed by atoms with Crippen molar-refractivity contribution in [3.05, 3.63) is 0 Å². The number of aliphatic carboxylic acids is 1. The molecule has 2 fully saturated rings. The lowest BCUT2D eigenvalue weighted by Crippen LogP contribution is -2.22. The monoisotopic (exact) mass is 255 g/mol. The molecular formula is C8H14ClNO4S. The molecule has 88 valence electrons. The van der Waals surface area contributed by atoms with E-state index in [0.717, 1.165) is 0 Å². The van der Waals surface area contributed by atoms with Gasteiger partial charge in [0.25, 0.3) is 0 Å². The molecule has 0 amide bonds. The summed E-state index contributed by atoms with van der Waals surface area (Å²) in [5.74, 6) is -1.04. The predicted molar refractivity (Wildman–Crippen MR) is 56.9 cm³/mol. The van der Waals surface area contributed by atoms with Gasteiger partial charge in [0.05, 0.1) is 11.0 Å². The Kier molecular flexibility index (Phi) is 3.63. The summed E-state index contributed by atoms with van der Waals surface area (Å²) < 4.78 is 23.2. The Hall–Kier alpha value is -0.330. The molecule has 2 N–H and O–H groups in total. The summed E-state index contributed by atoms with van der Waals surface area (Å²) >= 11 is 0. The van der Waals surface area contributed by atoms with Gasteiger partial charge in [0, 0.05) is 13.0 Å². The number of sulfone groups is 1. The predicted octanol–water partition coefficient (Wildman–Crippen LogP) is -0.484. The van der Waals surface area contributed by atoms with Gasteiger partial charge < -0.3 is 10.4 Å². The minimum absolute atomic E-state index is 0. The van der Waals surface area contributed by atoms with Crippen molar-refractivity contribution in [3.8, 4) is 0 Å². The quantitative estimate of drug-likeness (QED) is 0.696. The Bertz CT molecular complexity index is 356. The third-order valence-electron chi connectivity index (χ3n) is 3.15. The van der Waals surface area contributed by atoms with Crippen LogP contribution in [0.25, 0.3) is 0 Å². The Morgan fingerprint density at radius 3 is 2.67 bits per heavy atom. The molecule has 0 unspecified atom stereocenters. The summed E-state index contributed by atoms with van der Waals surface area (Å²) in [7, 11) is -3.04. The van der Waals surface area contributed by atoms with Gasteiger partial charge in [-0.25, -0.2) is 8.42 Å². The first kappa shape index (κ1) is 12.7. The van der Waals surface area contributed by atoms with E-state index in [1.54, 1.807) is 0 Å². The number of carbonyl (C=O) groups is 1. The number of carboxylic acids is 1. The van der Waals surface area contributed by atoms with Crippen LogP contribution in [0.15, 0.2) is 0 Å². The molecular weight excluding hydrogens is 242 g/mol. The number of hydrogen-bond acceptors (Lipinski definition) is 4. The van der Waals surface area contributed by atoms with Crippen molar-refractivity contribution >= 4 is 28.2 Å². The molecule has 2 rings (SSSR count). The van der Waals surface area contributed by atoms with E-state index in [9.17, 15) is 13.2 Å². The summed E-state index contributed by atoms with van der Waals surface area (Å²) in [6.07, 6.45) is -0.0257. The third-order valence-corrected chi connectivity index (χ3v) is 5.48.